The first-order chi connectivity index (χ1) is 14.2. The summed E-state index contributed by atoms with van der Waals surface area (Å²) in [4.78, 5) is 17.0. The molecule has 1 fully saturated rings. The van der Waals surface area contributed by atoms with E-state index in [1.54, 1.807) is 0 Å². The largest absolute Gasteiger partial charge is 0.369 e. The number of hydrogen-bond acceptors (Lipinski definition) is 5. The molecule has 2 aromatic carbocycles. The van der Waals surface area contributed by atoms with Gasteiger partial charge in [0.2, 0.25) is 15.9 Å². The molecule has 0 radical (unpaired) electrons. The van der Waals surface area contributed by atoms with Gasteiger partial charge in [0.25, 0.3) is 0 Å². The van der Waals surface area contributed by atoms with E-state index in [1.807, 2.05) is 19.1 Å². The highest BCUT2D eigenvalue weighted by Gasteiger charge is 2.16. The van der Waals surface area contributed by atoms with Gasteiger partial charge in [0, 0.05) is 55.5 Å². The molecule has 0 unspecified atom stereocenters. The van der Waals surface area contributed by atoms with Gasteiger partial charge >= 0.3 is 0 Å². The first-order valence-electron chi connectivity index (χ1n) is 9.84. The molecular weight excluding hydrogens is 424 g/mol. The Balaban J connectivity index is 1.51. The second-order valence-electron chi connectivity index (χ2n) is 7.44. The molecule has 0 bridgehead atoms. The van der Waals surface area contributed by atoms with E-state index in [4.69, 9.17) is 11.6 Å². The molecule has 1 aliphatic heterocycles. The van der Waals surface area contributed by atoms with Crippen molar-refractivity contribution >= 4 is 38.9 Å². The SMILES string of the molecule is Cc1cc(N2CCN(C)CC2)ccc1NC(=O)CCNS(=O)(=O)c1ccc(Cl)cc1. The zero-order valence-electron chi connectivity index (χ0n) is 17.2. The summed E-state index contributed by atoms with van der Waals surface area (Å²) < 4.78 is 26.9. The number of sulfonamides is 1. The highest BCUT2D eigenvalue weighted by molar-refractivity contribution is 7.89. The standard InChI is InChI=1S/C21H27ClN4O3S/c1-16-15-18(26-13-11-25(2)12-14-26)5-8-20(16)24-21(27)9-10-23-30(28,29)19-6-3-17(22)4-7-19/h3-8,15,23H,9-14H2,1-2H3,(H,24,27). The Bertz CT molecular complexity index is 988. The van der Waals surface area contributed by atoms with E-state index in [9.17, 15) is 13.2 Å². The summed E-state index contributed by atoms with van der Waals surface area (Å²) in [5, 5.41) is 3.32. The average Bonchev–Trinajstić information content (AvgIpc) is 2.70. The lowest BCUT2D eigenvalue weighted by atomic mass is 10.1. The van der Waals surface area contributed by atoms with Crippen molar-refractivity contribution in [1.29, 1.82) is 0 Å². The van der Waals surface area contributed by atoms with Crippen LogP contribution in [0.15, 0.2) is 47.4 Å². The van der Waals surface area contributed by atoms with Gasteiger partial charge in [-0.25, -0.2) is 13.1 Å². The minimum absolute atomic E-state index is 0.00915. The first kappa shape index (κ1) is 22.6. The van der Waals surface area contributed by atoms with Gasteiger partial charge in [-0.1, -0.05) is 11.6 Å². The Labute approximate surface area is 183 Å². The monoisotopic (exact) mass is 450 g/mol. The lowest BCUT2D eigenvalue weighted by molar-refractivity contribution is -0.116. The number of rotatable bonds is 7. The lowest BCUT2D eigenvalue weighted by Gasteiger charge is -2.34. The molecule has 162 valence electrons. The zero-order chi connectivity index (χ0) is 21.7. The molecule has 7 nitrogen and oxygen atoms in total. The lowest BCUT2D eigenvalue weighted by Crippen LogP contribution is -2.44. The van der Waals surface area contributed by atoms with Gasteiger partial charge in [-0.15, -0.1) is 0 Å². The van der Waals surface area contributed by atoms with Crippen molar-refractivity contribution in [1.82, 2.24) is 9.62 Å². The number of nitrogens with zero attached hydrogens (tertiary/aromatic N) is 2. The summed E-state index contributed by atoms with van der Waals surface area (Å²) in [5.74, 6) is -0.246. The van der Waals surface area contributed by atoms with E-state index in [0.29, 0.717) is 5.02 Å². The Hall–Kier alpha value is -2.13. The number of benzene rings is 2. The van der Waals surface area contributed by atoms with Crippen molar-refractivity contribution in [3.63, 3.8) is 0 Å². The van der Waals surface area contributed by atoms with Crippen LogP contribution < -0.4 is 14.9 Å². The molecule has 3 rings (SSSR count). The fourth-order valence-electron chi connectivity index (χ4n) is 3.26. The first-order valence-corrected chi connectivity index (χ1v) is 11.7. The average molecular weight is 451 g/mol. The highest BCUT2D eigenvalue weighted by Crippen LogP contribution is 2.24. The zero-order valence-corrected chi connectivity index (χ0v) is 18.8. The predicted molar refractivity (Wildman–Crippen MR) is 121 cm³/mol. The number of anilines is 2. The third-order valence-electron chi connectivity index (χ3n) is 5.12. The van der Waals surface area contributed by atoms with Crippen molar-refractivity contribution in [3.05, 3.63) is 53.1 Å². The number of hydrogen-bond donors (Lipinski definition) is 2. The fraction of sp³-hybridized carbons (Fsp3) is 0.381. The van der Waals surface area contributed by atoms with Gasteiger partial charge in [-0.3, -0.25) is 4.79 Å². The summed E-state index contributed by atoms with van der Waals surface area (Å²) in [5.41, 5.74) is 2.86. The van der Waals surface area contributed by atoms with Crippen LogP contribution in [0.1, 0.15) is 12.0 Å². The molecule has 1 heterocycles. The van der Waals surface area contributed by atoms with Crippen LogP contribution in [-0.4, -0.2) is 59.0 Å². The number of aryl methyl sites for hydroxylation is 1. The van der Waals surface area contributed by atoms with Crippen molar-refractivity contribution in [2.24, 2.45) is 0 Å². The van der Waals surface area contributed by atoms with Crippen LogP contribution in [-0.2, 0) is 14.8 Å². The second-order valence-corrected chi connectivity index (χ2v) is 9.64. The molecule has 1 aliphatic rings. The molecule has 1 saturated heterocycles. The number of amides is 1. The molecule has 9 heteroatoms. The van der Waals surface area contributed by atoms with Crippen molar-refractivity contribution in [2.75, 3.05) is 50.0 Å². The summed E-state index contributed by atoms with van der Waals surface area (Å²) >= 11 is 5.78. The van der Waals surface area contributed by atoms with Gasteiger partial charge in [0.15, 0.2) is 0 Å². The Morgan fingerprint density at radius 1 is 1.07 bits per heavy atom. The van der Waals surface area contributed by atoms with Crippen molar-refractivity contribution in [2.45, 2.75) is 18.2 Å². The van der Waals surface area contributed by atoms with Crippen LogP contribution in [0.3, 0.4) is 0 Å². The quantitative estimate of drug-likeness (QED) is 0.677. The molecule has 0 aliphatic carbocycles. The van der Waals surface area contributed by atoms with Gasteiger partial charge in [-0.05, 0) is 62.0 Å². The third-order valence-corrected chi connectivity index (χ3v) is 6.85. The van der Waals surface area contributed by atoms with E-state index in [1.165, 1.54) is 24.3 Å². The predicted octanol–water partition coefficient (Wildman–Crippen LogP) is 2.71. The van der Waals surface area contributed by atoms with Crippen LogP contribution in [0.2, 0.25) is 5.02 Å². The second kappa shape index (κ2) is 9.78. The number of likely N-dealkylation sites (N-methyl/N-ethyl adjacent to an activating group) is 1. The van der Waals surface area contributed by atoms with Gasteiger partial charge in [0.1, 0.15) is 0 Å². The number of carbonyl (C=O) groups excluding carboxylic acids is 1. The van der Waals surface area contributed by atoms with Gasteiger partial charge in [0.05, 0.1) is 4.90 Å². The molecule has 0 atom stereocenters. The van der Waals surface area contributed by atoms with E-state index in [0.717, 1.165) is 43.1 Å². The van der Waals surface area contributed by atoms with Gasteiger partial charge in [-0.2, -0.15) is 0 Å². The maximum atomic E-state index is 12.3. The van der Waals surface area contributed by atoms with E-state index < -0.39 is 10.0 Å². The summed E-state index contributed by atoms with van der Waals surface area (Å²) in [6, 6.07) is 11.9. The van der Waals surface area contributed by atoms with E-state index >= 15 is 0 Å². The minimum atomic E-state index is -3.67. The van der Waals surface area contributed by atoms with Crippen LogP contribution in [0.25, 0.3) is 0 Å². The van der Waals surface area contributed by atoms with Gasteiger partial charge < -0.3 is 15.1 Å². The topological polar surface area (TPSA) is 81.8 Å². The Morgan fingerprint density at radius 2 is 1.73 bits per heavy atom. The smallest absolute Gasteiger partial charge is 0.240 e. The fourth-order valence-corrected chi connectivity index (χ4v) is 4.42. The summed E-state index contributed by atoms with van der Waals surface area (Å²) in [6.07, 6.45) is 0.0342. The van der Waals surface area contributed by atoms with Crippen molar-refractivity contribution < 1.29 is 13.2 Å². The summed E-state index contributed by atoms with van der Waals surface area (Å²) in [6.45, 7) is 5.99. The Morgan fingerprint density at radius 3 is 2.37 bits per heavy atom. The summed E-state index contributed by atoms with van der Waals surface area (Å²) in [7, 11) is -1.55. The van der Waals surface area contributed by atoms with Crippen LogP contribution in [0.4, 0.5) is 11.4 Å². The highest BCUT2D eigenvalue weighted by atomic mass is 35.5. The van der Waals surface area contributed by atoms with Crippen LogP contribution in [0.5, 0.6) is 0 Å². The van der Waals surface area contributed by atoms with E-state index in [2.05, 4.69) is 33.0 Å². The third kappa shape index (κ3) is 5.95. The normalized spacial score (nSPS) is 15.2. The number of carbonyl (C=O) groups is 1. The van der Waals surface area contributed by atoms with Crippen molar-refractivity contribution in [3.8, 4) is 0 Å². The van der Waals surface area contributed by atoms with Crippen LogP contribution in [0, 0.1) is 6.92 Å². The number of piperazine rings is 1. The molecular formula is C21H27ClN4O3S. The molecule has 1 amide bonds. The molecule has 30 heavy (non-hydrogen) atoms. The maximum Gasteiger partial charge on any atom is 0.240 e. The number of nitrogens with one attached hydrogen (secondary N) is 2. The molecule has 0 spiro atoms. The minimum Gasteiger partial charge on any atom is -0.369 e. The molecule has 2 N–H and O–H groups in total. The van der Waals surface area contributed by atoms with Crippen LogP contribution >= 0.6 is 11.6 Å². The Kier molecular flexibility index (Phi) is 7.36. The molecule has 0 aromatic heterocycles. The molecule has 2 aromatic rings. The van der Waals surface area contributed by atoms with E-state index in [-0.39, 0.29) is 23.8 Å². The maximum absolute atomic E-state index is 12.3. The number of halogens is 1. The molecule has 0 saturated carbocycles.